The van der Waals surface area contributed by atoms with E-state index in [9.17, 15) is 9.59 Å². The highest BCUT2D eigenvalue weighted by Gasteiger charge is 2.30. The third-order valence-corrected chi connectivity index (χ3v) is 11.9. The Bertz CT molecular complexity index is 3010. The van der Waals surface area contributed by atoms with Crippen molar-refractivity contribution in [2.24, 2.45) is 10.8 Å². The summed E-state index contributed by atoms with van der Waals surface area (Å²) in [5.41, 5.74) is 5.36. The molecule has 0 aliphatic carbocycles. The largest absolute Gasteiger partial charge is 0.386 e. The summed E-state index contributed by atoms with van der Waals surface area (Å²) in [7, 11) is 0. The van der Waals surface area contributed by atoms with Gasteiger partial charge in [-0.3, -0.25) is 0 Å². The fourth-order valence-corrected chi connectivity index (χ4v) is 10.5. The molecule has 0 amide bonds. The lowest BCUT2D eigenvalue weighted by Gasteiger charge is -2.33. The fraction of sp³-hybridized carbons (Fsp3) is 0.320. The third kappa shape index (κ3) is 5.16. The maximum absolute atomic E-state index is 12.9. The summed E-state index contributed by atoms with van der Waals surface area (Å²) in [4.78, 5) is 25.9. The summed E-state index contributed by atoms with van der Waals surface area (Å²) in [6, 6.07) is 33.1. The SMILES string of the molecule is CC(C)(C)CC(C)(C)c1ccc(-n2c3ccc(C(C)(C)CC(C)(C)C)cc3c3ccc4c5ccc6c(=O)oc(=O)c7ccc(c8ccc2c3c48)c5c67)cc1. The number of aromatic nitrogens is 1. The predicted molar refractivity (Wildman–Crippen MR) is 230 cm³/mol. The number of nitrogens with zero attached hydrogens (tertiary/aromatic N) is 1. The molecule has 272 valence electrons. The van der Waals surface area contributed by atoms with Gasteiger partial charge in [-0.05, 0) is 120 Å². The van der Waals surface area contributed by atoms with Gasteiger partial charge in [-0.2, -0.15) is 0 Å². The Balaban J connectivity index is 1.41. The maximum atomic E-state index is 12.9. The van der Waals surface area contributed by atoms with Crippen molar-refractivity contribution in [2.45, 2.75) is 92.9 Å². The Hall–Kier alpha value is -5.22. The van der Waals surface area contributed by atoms with Crippen LogP contribution in [0.1, 0.15) is 93.2 Å². The molecule has 9 rings (SSSR count). The molecule has 0 aliphatic rings. The van der Waals surface area contributed by atoms with Crippen molar-refractivity contribution in [3.05, 3.63) is 123 Å². The maximum Gasteiger partial charge on any atom is 0.346 e. The van der Waals surface area contributed by atoms with E-state index in [4.69, 9.17) is 4.42 Å². The van der Waals surface area contributed by atoms with E-state index in [0.717, 1.165) is 51.0 Å². The number of rotatable bonds is 5. The summed E-state index contributed by atoms with van der Waals surface area (Å²) in [5, 5.41) is 11.7. The zero-order valence-corrected chi connectivity index (χ0v) is 33.2. The lowest BCUT2D eigenvalue weighted by atomic mass is 9.72. The van der Waals surface area contributed by atoms with E-state index in [-0.39, 0.29) is 21.7 Å². The molecule has 0 unspecified atom stereocenters. The smallest absolute Gasteiger partial charge is 0.346 e. The Labute approximate surface area is 316 Å². The number of pyridine rings is 1. The van der Waals surface area contributed by atoms with Gasteiger partial charge in [0, 0.05) is 27.2 Å². The first-order chi connectivity index (χ1) is 25.3. The second kappa shape index (κ2) is 11.2. The number of benzene rings is 7. The lowest BCUT2D eigenvalue weighted by Crippen LogP contribution is -2.25. The van der Waals surface area contributed by atoms with Gasteiger partial charge in [0.25, 0.3) is 0 Å². The van der Waals surface area contributed by atoms with Gasteiger partial charge in [0.1, 0.15) is 0 Å². The van der Waals surface area contributed by atoms with Gasteiger partial charge in [-0.1, -0.05) is 118 Å². The van der Waals surface area contributed by atoms with E-state index >= 15 is 0 Å². The average molecular weight is 712 g/mol. The number of hydrogen-bond acceptors (Lipinski definition) is 3. The molecule has 0 aliphatic heterocycles. The second-order valence-electron chi connectivity index (χ2n) is 19.6. The van der Waals surface area contributed by atoms with Crippen LogP contribution in [-0.2, 0) is 10.8 Å². The first-order valence-corrected chi connectivity index (χ1v) is 19.4. The molecule has 0 atom stereocenters. The molecule has 0 saturated carbocycles. The summed E-state index contributed by atoms with van der Waals surface area (Å²) < 4.78 is 7.58. The van der Waals surface area contributed by atoms with E-state index in [1.54, 1.807) is 0 Å². The standard InChI is InChI=1S/C50H49NO3/c1-47(2,3)26-49(7,8)28-11-14-30(15-12-28)51-39-23-13-29(50(9,10)27-48(4,5)6)25-38(39)35-17-16-33-31-18-20-36-43-37(46(53)54-45(36)52)21-19-32(41(31)43)34-22-24-40(51)44(35)42(33)34/h11-25H,26-27H2,1-10H3. The zero-order valence-electron chi connectivity index (χ0n) is 33.2. The van der Waals surface area contributed by atoms with Crippen LogP contribution in [-0.4, -0.2) is 4.57 Å². The van der Waals surface area contributed by atoms with Crippen molar-refractivity contribution < 1.29 is 4.42 Å². The van der Waals surface area contributed by atoms with Gasteiger partial charge in [0.15, 0.2) is 0 Å². The third-order valence-electron chi connectivity index (χ3n) is 11.9. The van der Waals surface area contributed by atoms with Crippen LogP contribution in [0.5, 0.6) is 0 Å². The average Bonchev–Trinajstić information content (AvgIpc) is 3.08. The van der Waals surface area contributed by atoms with Gasteiger partial charge >= 0.3 is 11.3 Å². The molecular formula is C50H49NO3. The summed E-state index contributed by atoms with van der Waals surface area (Å²) >= 11 is 0. The Morgan fingerprint density at radius 2 is 0.815 bits per heavy atom. The topological polar surface area (TPSA) is 52.2 Å². The van der Waals surface area contributed by atoms with Crippen molar-refractivity contribution >= 4 is 75.7 Å². The van der Waals surface area contributed by atoms with Crippen LogP contribution < -0.4 is 11.3 Å². The molecule has 0 spiro atoms. The molecule has 54 heavy (non-hydrogen) atoms. The second-order valence-corrected chi connectivity index (χ2v) is 19.6. The van der Waals surface area contributed by atoms with Gasteiger partial charge in [0.2, 0.25) is 0 Å². The van der Waals surface area contributed by atoms with Gasteiger partial charge in [-0.15, -0.1) is 0 Å². The van der Waals surface area contributed by atoms with Crippen LogP contribution >= 0.6 is 0 Å². The number of hydrogen-bond donors (Lipinski definition) is 0. The molecule has 0 saturated heterocycles. The van der Waals surface area contributed by atoms with Crippen molar-refractivity contribution in [2.75, 3.05) is 0 Å². The van der Waals surface area contributed by atoms with E-state index in [0.29, 0.717) is 16.2 Å². The van der Waals surface area contributed by atoms with Crippen molar-refractivity contribution in [3.8, 4) is 5.69 Å². The molecular weight excluding hydrogens is 663 g/mol. The highest BCUT2D eigenvalue weighted by atomic mass is 16.4. The van der Waals surface area contributed by atoms with Crippen LogP contribution in [0.4, 0.5) is 0 Å². The molecule has 7 aromatic carbocycles. The molecule has 2 heterocycles. The highest BCUT2D eigenvalue weighted by Crippen LogP contribution is 2.48. The van der Waals surface area contributed by atoms with Crippen molar-refractivity contribution in [1.29, 1.82) is 0 Å². The first-order valence-electron chi connectivity index (χ1n) is 19.4. The zero-order chi connectivity index (χ0) is 38.3. The van der Waals surface area contributed by atoms with E-state index < -0.39 is 11.3 Å². The van der Waals surface area contributed by atoms with Crippen LogP contribution in [0, 0.1) is 10.8 Å². The van der Waals surface area contributed by atoms with Crippen LogP contribution in [0.15, 0.2) is 105 Å². The normalized spacial score (nSPS) is 13.7. The number of fused-ring (bicyclic) bond motifs is 4. The summed E-state index contributed by atoms with van der Waals surface area (Å²) in [5.74, 6) is 0. The minimum atomic E-state index is -0.586. The molecule has 4 nitrogen and oxygen atoms in total. The van der Waals surface area contributed by atoms with Crippen LogP contribution in [0.3, 0.4) is 0 Å². The molecule has 0 radical (unpaired) electrons. The molecule has 0 fully saturated rings. The van der Waals surface area contributed by atoms with Gasteiger partial charge < -0.3 is 8.98 Å². The molecule has 2 aromatic heterocycles. The van der Waals surface area contributed by atoms with Gasteiger partial charge in [-0.25, -0.2) is 9.59 Å². The summed E-state index contributed by atoms with van der Waals surface area (Å²) in [6.07, 6.45) is 2.15. The van der Waals surface area contributed by atoms with E-state index in [1.165, 1.54) is 38.2 Å². The molecule has 9 aromatic rings. The minimum absolute atomic E-state index is 0.0292. The monoisotopic (exact) mass is 711 g/mol. The Morgan fingerprint density at radius 3 is 1.33 bits per heavy atom. The molecule has 0 bridgehead atoms. The Morgan fingerprint density at radius 1 is 0.426 bits per heavy atom. The fourth-order valence-electron chi connectivity index (χ4n) is 10.5. The quantitative estimate of drug-likeness (QED) is 0.132. The first kappa shape index (κ1) is 34.5. The summed E-state index contributed by atoms with van der Waals surface area (Å²) in [6.45, 7) is 23.4. The van der Waals surface area contributed by atoms with Gasteiger partial charge in [0.05, 0.1) is 21.8 Å². The predicted octanol–water partition coefficient (Wildman–Crippen LogP) is 13.2. The lowest BCUT2D eigenvalue weighted by molar-refractivity contribution is 0.283. The van der Waals surface area contributed by atoms with E-state index in [1.807, 2.05) is 24.3 Å². The van der Waals surface area contributed by atoms with Crippen LogP contribution in [0.2, 0.25) is 0 Å². The van der Waals surface area contributed by atoms with E-state index in [2.05, 4.69) is 141 Å². The molecule has 4 heteroatoms. The van der Waals surface area contributed by atoms with Crippen LogP contribution in [0.25, 0.3) is 81.4 Å². The Kier molecular flexibility index (Phi) is 7.14. The molecule has 0 N–H and O–H groups in total. The van der Waals surface area contributed by atoms with Crippen molar-refractivity contribution in [3.63, 3.8) is 0 Å². The minimum Gasteiger partial charge on any atom is -0.386 e. The van der Waals surface area contributed by atoms with Crippen molar-refractivity contribution in [1.82, 2.24) is 4.57 Å². The highest BCUT2D eigenvalue weighted by molar-refractivity contribution is 6.40.